The van der Waals surface area contributed by atoms with Gasteiger partial charge in [-0.1, -0.05) is 25.5 Å². The number of hydrogen-bond donors (Lipinski definition) is 1. The second kappa shape index (κ2) is 6.55. The van der Waals surface area contributed by atoms with Crippen molar-refractivity contribution >= 4 is 17.2 Å². The van der Waals surface area contributed by atoms with E-state index in [1.807, 2.05) is 29.7 Å². The topological polar surface area (TPSA) is 70.2 Å². The van der Waals surface area contributed by atoms with Crippen molar-refractivity contribution in [3.05, 3.63) is 65.1 Å². The highest BCUT2D eigenvalue weighted by molar-refractivity contribution is 6.04. The minimum Gasteiger partial charge on any atom is -0.321 e. The molecule has 24 heavy (non-hydrogen) atoms. The molecule has 0 aliphatic heterocycles. The summed E-state index contributed by atoms with van der Waals surface area (Å²) in [5, 5.41) is 11.9. The number of carbonyl (C=O) groups excluding carboxylic acids is 1. The van der Waals surface area contributed by atoms with E-state index in [2.05, 4.69) is 23.3 Å². The van der Waals surface area contributed by atoms with E-state index < -0.39 is 0 Å². The molecule has 1 N–H and O–H groups in total. The highest BCUT2D eigenvalue weighted by atomic mass is 16.2. The van der Waals surface area contributed by atoms with E-state index in [1.54, 1.807) is 24.3 Å². The number of carbonyl (C=O) groups is 1. The van der Waals surface area contributed by atoms with Gasteiger partial charge >= 0.3 is 0 Å². The number of nitriles is 1. The van der Waals surface area contributed by atoms with Gasteiger partial charge in [0.15, 0.2) is 0 Å². The number of imidazole rings is 1. The first kappa shape index (κ1) is 15.8. The molecule has 0 aliphatic rings. The van der Waals surface area contributed by atoms with Crippen molar-refractivity contribution in [2.24, 2.45) is 0 Å². The number of aromatic nitrogens is 2. The summed E-state index contributed by atoms with van der Waals surface area (Å²) in [7, 11) is 0. The number of rotatable bonds is 4. The Bertz CT molecular complexity index is 950. The van der Waals surface area contributed by atoms with Crippen LogP contribution in [0.3, 0.4) is 0 Å². The molecular formula is C19H18N4O. The molecule has 3 aromatic rings. The van der Waals surface area contributed by atoms with Gasteiger partial charge in [-0.3, -0.25) is 9.20 Å². The Morgan fingerprint density at radius 3 is 2.92 bits per heavy atom. The third kappa shape index (κ3) is 2.86. The largest absolute Gasteiger partial charge is 0.321 e. The number of pyridine rings is 1. The standard InChI is InChI=1S/C19H18N4O/c1-3-6-16-17(23-10-5-7-13(2)18(23)22-16)19(24)21-15-9-4-8-14(11-15)12-20/h4-5,7-11H,3,6H2,1-2H3,(H,21,24). The van der Waals surface area contributed by atoms with Gasteiger partial charge in [0.05, 0.1) is 17.3 Å². The van der Waals surface area contributed by atoms with Crippen LogP contribution in [0, 0.1) is 18.3 Å². The lowest BCUT2D eigenvalue weighted by molar-refractivity contribution is 0.102. The normalized spacial score (nSPS) is 10.5. The minimum absolute atomic E-state index is 0.216. The number of nitrogens with one attached hydrogen (secondary N) is 1. The number of fused-ring (bicyclic) bond motifs is 1. The molecule has 0 bridgehead atoms. The van der Waals surface area contributed by atoms with Crippen molar-refractivity contribution in [2.75, 3.05) is 5.32 Å². The van der Waals surface area contributed by atoms with E-state index in [4.69, 9.17) is 5.26 Å². The third-order valence-electron chi connectivity index (χ3n) is 3.87. The van der Waals surface area contributed by atoms with Crippen molar-refractivity contribution < 1.29 is 4.79 Å². The summed E-state index contributed by atoms with van der Waals surface area (Å²) in [5.74, 6) is -0.216. The maximum atomic E-state index is 12.8. The van der Waals surface area contributed by atoms with Crippen molar-refractivity contribution in [3.63, 3.8) is 0 Å². The van der Waals surface area contributed by atoms with Crippen molar-refractivity contribution in [3.8, 4) is 6.07 Å². The summed E-state index contributed by atoms with van der Waals surface area (Å²) in [6.07, 6.45) is 3.50. The highest BCUT2D eigenvalue weighted by Gasteiger charge is 2.19. The number of hydrogen-bond acceptors (Lipinski definition) is 3. The van der Waals surface area contributed by atoms with Gasteiger partial charge in [0, 0.05) is 11.9 Å². The second-order valence-corrected chi connectivity index (χ2v) is 5.69. The molecule has 2 aromatic heterocycles. The van der Waals surface area contributed by atoms with Crippen LogP contribution in [0.2, 0.25) is 0 Å². The van der Waals surface area contributed by atoms with Gasteiger partial charge in [-0.25, -0.2) is 4.98 Å². The zero-order valence-electron chi connectivity index (χ0n) is 13.7. The van der Waals surface area contributed by atoms with Crippen LogP contribution in [0.4, 0.5) is 5.69 Å². The maximum absolute atomic E-state index is 12.8. The molecule has 5 nitrogen and oxygen atoms in total. The van der Waals surface area contributed by atoms with E-state index in [0.717, 1.165) is 29.7 Å². The molecule has 0 aliphatic carbocycles. The summed E-state index contributed by atoms with van der Waals surface area (Å²) in [4.78, 5) is 17.5. The monoisotopic (exact) mass is 318 g/mol. The predicted molar refractivity (Wildman–Crippen MR) is 93.0 cm³/mol. The Morgan fingerprint density at radius 1 is 1.33 bits per heavy atom. The van der Waals surface area contributed by atoms with Gasteiger partial charge in [0.2, 0.25) is 0 Å². The number of aryl methyl sites for hydroxylation is 2. The molecule has 5 heteroatoms. The molecular weight excluding hydrogens is 300 g/mol. The van der Waals surface area contributed by atoms with Gasteiger partial charge in [-0.05, 0) is 43.2 Å². The summed E-state index contributed by atoms with van der Waals surface area (Å²) >= 11 is 0. The van der Waals surface area contributed by atoms with Gasteiger partial charge < -0.3 is 5.32 Å². The van der Waals surface area contributed by atoms with Crippen molar-refractivity contribution in [2.45, 2.75) is 26.7 Å². The van der Waals surface area contributed by atoms with E-state index in [1.165, 1.54) is 0 Å². The highest BCUT2D eigenvalue weighted by Crippen LogP contribution is 2.19. The molecule has 1 amide bonds. The van der Waals surface area contributed by atoms with Crippen LogP contribution in [0.5, 0.6) is 0 Å². The fourth-order valence-electron chi connectivity index (χ4n) is 2.76. The first-order valence-corrected chi connectivity index (χ1v) is 7.92. The number of anilines is 1. The zero-order chi connectivity index (χ0) is 17.1. The first-order chi connectivity index (χ1) is 11.6. The molecule has 1 aromatic carbocycles. The van der Waals surface area contributed by atoms with Gasteiger partial charge in [-0.2, -0.15) is 5.26 Å². The molecule has 3 rings (SSSR count). The lowest BCUT2D eigenvalue weighted by atomic mass is 10.2. The van der Waals surface area contributed by atoms with Crippen LogP contribution in [-0.4, -0.2) is 15.3 Å². The van der Waals surface area contributed by atoms with Crippen LogP contribution in [0.25, 0.3) is 5.65 Å². The Morgan fingerprint density at radius 2 is 2.17 bits per heavy atom. The van der Waals surface area contributed by atoms with Crippen LogP contribution >= 0.6 is 0 Å². The van der Waals surface area contributed by atoms with Gasteiger partial charge in [0.1, 0.15) is 11.3 Å². The van der Waals surface area contributed by atoms with E-state index in [9.17, 15) is 4.79 Å². The quantitative estimate of drug-likeness (QED) is 0.797. The van der Waals surface area contributed by atoms with E-state index in [0.29, 0.717) is 16.9 Å². The molecule has 2 heterocycles. The predicted octanol–water partition coefficient (Wildman–Crippen LogP) is 3.72. The number of nitrogens with zero attached hydrogens (tertiary/aromatic N) is 3. The fourth-order valence-corrected chi connectivity index (χ4v) is 2.76. The molecule has 0 atom stereocenters. The maximum Gasteiger partial charge on any atom is 0.274 e. The van der Waals surface area contributed by atoms with Crippen LogP contribution in [-0.2, 0) is 6.42 Å². The zero-order valence-corrected chi connectivity index (χ0v) is 13.7. The lowest BCUT2D eigenvalue weighted by Crippen LogP contribution is -2.16. The van der Waals surface area contributed by atoms with E-state index >= 15 is 0 Å². The molecule has 0 fully saturated rings. The molecule has 0 saturated heterocycles. The fraction of sp³-hybridized carbons (Fsp3) is 0.211. The Labute approximate surface area is 140 Å². The Balaban J connectivity index is 2.04. The third-order valence-corrected chi connectivity index (χ3v) is 3.87. The van der Waals surface area contributed by atoms with Gasteiger partial charge in [-0.15, -0.1) is 0 Å². The Hall–Kier alpha value is -3.13. The van der Waals surface area contributed by atoms with Crippen LogP contribution < -0.4 is 5.32 Å². The number of benzene rings is 1. The van der Waals surface area contributed by atoms with Crippen LogP contribution in [0.1, 0.15) is 40.7 Å². The van der Waals surface area contributed by atoms with Crippen molar-refractivity contribution in [1.29, 1.82) is 5.26 Å². The summed E-state index contributed by atoms with van der Waals surface area (Å²) in [5.41, 5.74) is 4.29. The summed E-state index contributed by atoms with van der Waals surface area (Å²) in [6.45, 7) is 4.05. The molecule has 0 unspecified atom stereocenters. The SMILES string of the molecule is CCCc1nc2c(C)cccn2c1C(=O)Nc1cccc(C#N)c1. The second-order valence-electron chi connectivity index (χ2n) is 5.69. The Kier molecular flexibility index (Phi) is 4.30. The summed E-state index contributed by atoms with van der Waals surface area (Å²) in [6, 6.07) is 12.9. The molecule has 120 valence electrons. The smallest absolute Gasteiger partial charge is 0.274 e. The minimum atomic E-state index is -0.216. The molecule has 0 radical (unpaired) electrons. The molecule has 0 saturated carbocycles. The average molecular weight is 318 g/mol. The lowest BCUT2D eigenvalue weighted by Gasteiger charge is -2.07. The summed E-state index contributed by atoms with van der Waals surface area (Å²) < 4.78 is 1.84. The average Bonchev–Trinajstić information content (AvgIpc) is 2.95. The molecule has 0 spiro atoms. The van der Waals surface area contributed by atoms with Crippen LogP contribution in [0.15, 0.2) is 42.6 Å². The number of amides is 1. The first-order valence-electron chi connectivity index (χ1n) is 7.92. The van der Waals surface area contributed by atoms with Crippen molar-refractivity contribution in [1.82, 2.24) is 9.38 Å². The van der Waals surface area contributed by atoms with Gasteiger partial charge in [0.25, 0.3) is 5.91 Å². The van der Waals surface area contributed by atoms with E-state index in [-0.39, 0.29) is 5.91 Å².